The van der Waals surface area contributed by atoms with Gasteiger partial charge in [-0.1, -0.05) is 0 Å². The average molecular weight is 458 g/mol. The number of nitrogens with zero attached hydrogens (tertiary/aromatic N) is 6. The third kappa shape index (κ3) is 4.08. The Hall–Kier alpha value is -3.56. The van der Waals surface area contributed by atoms with Crippen LogP contribution in [0.3, 0.4) is 0 Å². The molecule has 0 saturated carbocycles. The third-order valence-electron chi connectivity index (χ3n) is 6.77. The summed E-state index contributed by atoms with van der Waals surface area (Å²) in [6.07, 6.45) is 9.22. The van der Waals surface area contributed by atoms with Gasteiger partial charge < -0.3 is 14.8 Å². The Labute approximate surface area is 197 Å². The van der Waals surface area contributed by atoms with Crippen molar-refractivity contribution in [2.75, 3.05) is 25.6 Å². The van der Waals surface area contributed by atoms with Crippen LogP contribution in [0, 0.1) is 6.92 Å². The highest BCUT2D eigenvalue weighted by Crippen LogP contribution is 2.35. The van der Waals surface area contributed by atoms with Crippen molar-refractivity contribution in [1.82, 2.24) is 29.7 Å². The highest BCUT2D eigenvalue weighted by atomic mass is 16.5. The van der Waals surface area contributed by atoms with Crippen LogP contribution in [0.15, 0.2) is 55.1 Å². The maximum Gasteiger partial charge on any atom is 0.153 e. The SMILES string of the molecule is Cc1cc(-c2ccn3nc(Nc4ccnnc4)cc3c2)c(O[C@H]2C[C@H]3COC[C@@H](C2)N3C)cn1. The molecule has 0 amide bonds. The Morgan fingerprint density at radius 1 is 1.06 bits per heavy atom. The lowest BCUT2D eigenvalue weighted by molar-refractivity contribution is -0.0879. The molecule has 0 radical (unpaired) electrons. The van der Waals surface area contributed by atoms with Crippen molar-refractivity contribution in [2.45, 2.75) is 38.0 Å². The van der Waals surface area contributed by atoms with Gasteiger partial charge in [0.15, 0.2) is 5.82 Å². The molecule has 0 aliphatic carbocycles. The van der Waals surface area contributed by atoms with E-state index in [9.17, 15) is 0 Å². The van der Waals surface area contributed by atoms with Gasteiger partial charge in [0, 0.05) is 48.4 Å². The van der Waals surface area contributed by atoms with Crippen molar-refractivity contribution in [1.29, 1.82) is 0 Å². The molecule has 0 spiro atoms. The summed E-state index contributed by atoms with van der Waals surface area (Å²) < 4.78 is 14.2. The molecule has 2 bridgehead atoms. The number of fused-ring (bicyclic) bond motifs is 3. The zero-order valence-corrected chi connectivity index (χ0v) is 19.3. The van der Waals surface area contributed by atoms with Crippen LogP contribution in [-0.2, 0) is 4.74 Å². The number of nitrogens with one attached hydrogen (secondary N) is 1. The summed E-state index contributed by atoms with van der Waals surface area (Å²) in [7, 11) is 2.20. The van der Waals surface area contributed by atoms with Crippen molar-refractivity contribution in [3.8, 4) is 16.9 Å². The number of piperidine rings is 1. The van der Waals surface area contributed by atoms with Crippen LogP contribution >= 0.6 is 0 Å². The molecule has 2 saturated heterocycles. The fraction of sp³-hybridized carbons (Fsp3) is 0.360. The Balaban J connectivity index is 1.28. The Bertz CT molecular complexity index is 1300. The van der Waals surface area contributed by atoms with Crippen molar-refractivity contribution in [3.05, 3.63) is 60.8 Å². The second kappa shape index (κ2) is 8.66. The molecule has 174 valence electrons. The van der Waals surface area contributed by atoms with E-state index in [0.29, 0.717) is 12.1 Å². The summed E-state index contributed by atoms with van der Waals surface area (Å²) >= 11 is 0. The fourth-order valence-electron chi connectivity index (χ4n) is 4.92. The van der Waals surface area contributed by atoms with Crippen LogP contribution < -0.4 is 10.1 Å². The lowest BCUT2D eigenvalue weighted by Crippen LogP contribution is -2.57. The topological polar surface area (TPSA) is 89.7 Å². The molecular weight excluding hydrogens is 430 g/mol. The maximum absolute atomic E-state index is 6.58. The normalized spacial score (nSPS) is 22.6. The van der Waals surface area contributed by atoms with E-state index in [1.165, 1.54) is 0 Å². The van der Waals surface area contributed by atoms with E-state index in [2.05, 4.69) is 55.7 Å². The minimum Gasteiger partial charge on any atom is -0.488 e. The van der Waals surface area contributed by atoms with E-state index in [1.807, 2.05) is 36.0 Å². The molecule has 2 fully saturated rings. The number of ether oxygens (including phenoxy) is 2. The summed E-state index contributed by atoms with van der Waals surface area (Å²) in [5.74, 6) is 1.57. The van der Waals surface area contributed by atoms with Gasteiger partial charge in [-0.3, -0.25) is 9.88 Å². The number of hydrogen-bond acceptors (Lipinski definition) is 8. The number of aryl methyl sites for hydroxylation is 1. The van der Waals surface area contributed by atoms with Crippen LogP contribution in [0.5, 0.6) is 5.75 Å². The molecule has 6 rings (SSSR count). The molecule has 9 heteroatoms. The first-order valence-electron chi connectivity index (χ1n) is 11.6. The van der Waals surface area contributed by atoms with Crippen molar-refractivity contribution in [3.63, 3.8) is 0 Å². The molecule has 0 aromatic carbocycles. The standard InChI is InChI=1S/C25H27N7O2/c1-16-7-23(24(13-26-16)34-22-9-20-14-33-15-21(10-22)31(20)2)17-4-6-32-19(8-17)11-25(30-32)29-18-3-5-27-28-12-18/h3-8,11-13,20-22H,9-10,14-15H2,1-2H3,(H,27,29,30)/t20-,21+,22-. The second-order valence-electron chi connectivity index (χ2n) is 9.11. The van der Waals surface area contributed by atoms with Crippen LogP contribution in [0.4, 0.5) is 11.5 Å². The lowest BCUT2D eigenvalue weighted by Gasteiger charge is -2.46. The largest absolute Gasteiger partial charge is 0.488 e. The first-order chi connectivity index (χ1) is 16.6. The number of rotatable bonds is 5. The second-order valence-corrected chi connectivity index (χ2v) is 9.11. The van der Waals surface area contributed by atoms with Crippen molar-refractivity contribution >= 4 is 17.0 Å². The smallest absolute Gasteiger partial charge is 0.153 e. The van der Waals surface area contributed by atoms with Crippen LogP contribution in [-0.4, -0.2) is 68.1 Å². The van der Waals surface area contributed by atoms with E-state index in [4.69, 9.17) is 9.47 Å². The van der Waals surface area contributed by atoms with Gasteiger partial charge in [0.1, 0.15) is 11.9 Å². The number of pyridine rings is 2. The highest BCUT2D eigenvalue weighted by molar-refractivity contribution is 5.75. The number of aromatic nitrogens is 5. The minimum absolute atomic E-state index is 0.154. The summed E-state index contributed by atoms with van der Waals surface area (Å²) in [6, 6.07) is 11.0. The molecule has 4 aromatic rings. The van der Waals surface area contributed by atoms with Crippen LogP contribution in [0.2, 0.25) is 0 Å². The lowest BCUT2D eigenvalue weighted by atomic mass is 9.92. The van der Waals surface area contributed by atoms with Gasteiger partial charge in [0.05, 0.1) is 43.0 Å². The van der Waals surface area contributed by atoms with E-state index in [0.717, 1.165) is 65.6 Å². The summed E-state index contributed by atoms with van der Waals surface area (Å²) in [6.45, 7) is 3.55. The molecule has 9 nitrogen and oxygen atoms in total. The fourth-order valence-corrected chi connectivity index (χ4v) is 4.92. The first-order valence-corrected chi connectivity index (χ1v) is 11.6. The van der Waals surface area contributed by atoms with Gasteiger partial charge >= 0.3 is 0 Å². The molecule has 2 aliphatic heterocycles. The zero-order chi connectivity index (χ0) is 23.1. The molecule has 4 aromatic heterocycles. The van der Waals surface area contributed by atoms with Gasteiger partial charge in [0.2, 0.25) is 0 Å². The van der Waals surface area contributed by atoms with E-state index in [1.54, 1.807) is 12.4 Å². The predicted octanol–water partition coefficient (Wildman–Crippen LogP) is 3.48. The van der Waals surface area contributed by atoms with Crippen LogP contribution in [0.1, 0.15) is 18.5 Å². The Morgan fingerprint density at radius 3 is 2.71 bits per heavy atom. The number of anilines is 2. The number of morpholine rings is 1. The molecular formula is C25H27N7O2. The Morgan fingerprint density at radius 2 is 1.91 bits per heavy atom. The number of likely N-dealkylation sites (N-methyl/N-ethyl adjacent to an activating group) is 1. The quantitative estimate of drug-likeness (QED) is 0.487. The molecule has 34 heavy (non-hydrogen) atoms. The minimum atomic E-state index is 0.154. The molecule has 2 aliphatic rings. The molecule has 0 unspecified atom stereocenters. The van der Waals surface area contributed by atoms with Crippen molar-refractivity contribution < 1.29 is 9.47 Å². The Kier molecular flexibility index (Phi) is 5.35. The van der Waals surface area contributed by atoms with E-state index < -0.39 is 0 Å². The van der Waals surface area contributed by atoms with Crippen LogP contribution in [0.25, 0.3) is 16.6 Å². The molecule has 3 atom stereocenters. The van der Waals surface area contributed by atoms with Gasteiger partial charge in [-0.25, -0.2) is 4.52 Å². The first kappa shape index (κ1) is 21.0. The maximum atomic E-state index is 6.58. The summed E-state index contributed by atoms with van der Waals surface area (Å²) in [4.78, 5) is 6.98. The van der Waals surface area contributed by atoms with E-state index in [-0.39, 0.29) is 6.10 Å². The van der Waals surface area contributed by atoms with E-state index >= 15 is 0 Å². The summed E-state index contributed by atoms with van der Waals surface area (Å²) in [5.41, 5.74) is 4.89. The zero-order valence-electron chi connectivity index (χ0n) is 19.3. The van der Waals surface area contributed by atoms with Gasteiger partial charge in [-0.15, -0.1) is 0 Å². The van der Waals surface area contributed by atoms with Gasteiger partial charge in [-0.2, -0.15) is 15.3 Å². The predicted molar refractivity (Wildman–Crippen MR) is 128 cm³/mol. The molecule has 6 heterocycles. The van der Waals surface area contributed by atoms with Gasteiger partial charge in [0.25, 0.3) is 0 Å². The third-order valence-corrected chi connectivity index (χ3v) is 6.77. The number of hydrogen-bond donors (Lipinski definition) is 1. The monoisotopic (exact) mass is 457 g/mol. The summed E-state index contributed by atoms with van der Waals surface area (Å²) in [5, 5.41) is 15.6. The highest BCUT2D eigenvalue weighted by Gasteiger charge is 2.38. The van der Waals surface area contributed by atoms with Crippen molar-refractivity contribution in [2.24, 2.45) is 0 Å². The average Bonchev–Trinajstić information content (AvgIpc) is 3.23. The molecule has 1 N–H and O–H groups in total. The van der Waals surface area contributed by atoms with Gasteiger partial charge in [-0.05, 0) is 43.8 Å².